The Morgan fingerprint density at radius 2 is 2.07 bits per heavy atom. The lowest BCUT2D eigenvalue weighted by molar-refractivity contribution is 0.0853. The minimum Gasteiger partial charge on any atom is -0.380 e. The van der Waals surface area contributed by atoms with Gasteiger partial charge < -0.3 is 10.1 Å². The zero-order valence-electron chi connectivity index (χ0n) is 9.28. The lowest BCUT2D eigenvalue weighted by atomic mass is 10.1. The summed E-state index contributed by atoms with van der Waals surface area (Å²) >= 11 is 1.79. The second-order valence-corrected chi connectivity index (χ2v) is 4.61. The molecule has 1 N–H and O–H groups in total. The van der Waals surface area contributed by atoms with E-state index in [-0.39, 0.29) is 6.10 Å². The van der Waals surface area contributed by atoms with Crippen LogP contribution in [-0.4, -0.2) is 19.3 Å². The van der Waals surface area contributed by atoms with Crippen LogP contribution in [0.25, 0.3) is 0 Å². The number of hydrogen-bond donors (Lipinski definition) is 1. The van der Waals surface area contributed by atoms with Gasteiger partial charge in [0.1, 0.15) is 0 Å². The van der Waals surface area contributed by atoms with Crippen molar-refractivity contribution in [1.82, 2.24) is 5.32 Å². The molecule has 0 saturated carbocycles. The number of thiophene rings is 1. The number of methoxy groups -OCH3 is 1. The summed E-state index contributed by atoms with van der Waals surface area (Å²) in [5, 5.41) is 5.63. The van der Waals surface area contributed by atoms with Crippen molar-refractivity contribution in [3.8, 4) is 0 Å². The first-order valence-corrected chi connectivity index (χ1v) is 5.85. The van der Waals surface area contributed by atoms with Gasteiger partial charge in [0.25, 0.3) is 0 Å². The lowest BCUT2D eigenvalue weighted by Crippen LogP contribution is -2.37. The number of rotatable bonds is 5. The Bertz CT molecular complexity index is 248. The van der Waals surface area contributed by atoms with Crippen molar-refractivity contribution in [2.24, 2.45) is 0 Å². The van der Waals surface area contributed by atoms with Gasteiger partial charge in [0, 0.05) is 24.1 Å². The molecule has 0 aliphatic rings. The number of ether oxygens (including phenoxy) is 1. The van der Waals surface area contributed by atoms with Gasteiger partial charge >= 0.3 is 0 Å². The van der Waals surface area contributed by atoms with E-state index in [0.717, 1.165) is 0 Å². The molecule has 0 amide bonds. The first-order chi connectivity index (χ1) is 6.65. The van der Waals surface area contributed by atoms with E-state index in [1.807, 2.05) is 0 Å². The Morgan fingerprint density at radius 3 is 2.57 bits per heavy atom. The van der Waals surface area contributed by atoms with Crippen molar-refractivity contribution in [3.05, 3.63) is 22.4 Å². The predicted molar refractivity (Wildman–Crippen MR) is 61.8 cm³/mol. The highest BCUT2D eigenvalue weighted by atomic mass is 32.1. The van der Waals surface area contributed by atoms with Gasteiger partial charge in [-0.05, 0) is 32.2 Å². The molecule has 2 unspecified atom stereocenters. The highest BCUT2D eigenvalue weighted by molar-refractivity contribution is 7.10. The van der Waals surface area contributed by atoms with E-state index < -0.39 is 0 Å². The molecule has 0 spiro atoms. The molecule has 80 valence electrons. The average molecular weight is 213 g/mol. The maximum Gasteiger partial charge on any atom is 0.0693 e. The van der Waals surface area contributed by atoms with Gasteiger partial charge in [-0.25, -0.2) is 0 Å². The molecule has 14 heavy (non-hydrogen) atoms. The van der Waals surface area contributed by atoms with Gasteiger partial charge in [-0.2, -0.15) is 0 Å². The SMILES string of the molecule is COC(C)C(C)N[C@H](C)c1cccs1. The molecular weight excluding hydrogens is 194 g/mol. The first kappa shape index (κ1) is 11.7. The van der Waals surface area contributed by atoms with Crippen molar-refractivity contribution in [3.63, 3.8) is 0 Å². The predicted octanol–water partition coefficient (Wildman–Crippen LogP) is 2.82. The molecule has 3 atom stereocenters. The van der Waals surface area contributed by atoms with E-state index in [2.05, 4.69) is 43.6 Å². The molecule has 1 aromatic heterocycles. The van der Waals surface area contributed by atoms with Crippen LogP contribution in [0.3, 0.4) is 0 Å². The third-order valence-corrected chi connectivity index (χ3v) is 3.61. The number of hydrogen-bond acceptors (Lipinski definition) is 3. The van der Waals surface area contributed by atoms with Gasteiger partial charge in [-0.1, -0.05) is 6.07 Å². The van der Waals surface area contributed by atoms with Crippen molar-refractivity contribution >= 4 is 11.3 Å². The minimum absolute atomic E-state index is 0.248. The van der Waals surface area contributed by atoms with Crippen molar-refractivity contribution < 1.29 is 4.74 Å². The second kappa shape index (κ2) is 5.49. The quantitative estimate of drug-likeness (QED) is 0.812. The Labute approximate surface area is 90.3 Å². The summed E-state index contributed by atoms with van der Waals surface area (Å²) in [4.78, 5) is 1.38. The third-order valence-electron chi connectivity index (χ3n) is 2.56. The van der Waals surface area contributed by atoms with Gasteiger partial charge in [-0.3, -0.25) is 0 Å². The fourth-order valence-corrected chi connectivity index (χ4v) is 2.10. The zero-order valence-corrected chi connectivity index (χ0v) is 10.1. The molecule has 0 saturated heterocycles. The fraction of sp³-hybridized carbons (Fsp3) is 0.636. The maximum absolute atomic E-state index is 5.27. The van der Waals surface area contributed by atoms with Gasteiger partial charge in [0.2, 0.25) is 0 Å². The lowest BCUT2D eigenvalue weighted by Gasteiger charge is -2.23. The molecular formula is C11H19NOS. The second-order valence-electron chi connectivity index (χ2n) is 3.63. The first-order valence-electron chi connectivity index (χ1n) is 4.97. The molecule has 1 rings (SSSR count). The Kier molecular flexibility index (Phi) is 4.58. The summed E-state index contributed by atoms with van der Waals surface area (Å²) in [5.41, 5.74) is 0. The van der Waals surface area contributed by atoms with E-state index in [0.29, 0.717) is 12.1 Å². The molecule has 2 nitrogen and oxygen atoms in total. The van der Waals surface area contributed by atoms with E-state index >= 15 is 0 Å². The molecule has 0 radical (unpaired) electrons. The van der Waals surface area contributed by atoms with Crippen LogP contribution in [-0.2, 0) is 4.74 Å². The van der Waals surface area contributed by atoms with Gasteiger partial charge in [0.15, 0.2) is 0 Å². The Hall–Kier alpha value is -0.380. The summed E-state index contributed by atoms with van der Waals surface area (Å²) in [5.74, 6) is 0. The number of nitrogens with one attached hydrogen (secondary N) is 1. The van der Waals surface area contributed by atoms with Crippen molar-refractivity contribution in [1.29, 1.82) is 0 Å². The largest absolute Gasteiger partial charge is 0.380 e. The molecule has 0 bridgehead atoms. The molecule has 0 fully saturated rings. The van der Waals surface area contributed by atoms with E-state index in [1.54, 1.807) is 18.4 Å². The third kappa shape index (κ3) is 3.08. The molecule has 3 heteroatoms. The fourth-order valence-electron chi connectivity index (χ4n) is 1.35. The summed E-state index contributed by atoms with van der Waals surface area (Å²) in [6.45, 7) is 6.42. The Balaban J connectivity index is 2.44. The molecule has 0 aliphatic heterocycles. The van der Waals surface area contributed by atoms with Crippen LogP contribution in [0.5, 0.6) is 0 Å². The normalized spacial score (nSPS) is 17.7. The molecule has 0 aliphatic carbocycles. The van der Waals surface area contributed by atoms with E-state index in [1.165, 1.54) is 4.88 Å². The van der Waals surface area contributed by atoms with E-state index in [9.17, 15) is 0 Å². The maximum atomic E-state index is 5.27. The highest BCUT2D eigenvalue weighted by Crippen LogP contribution is 2.19. The van der Waals surface area contributed by atoms with Crippen LogP contribution >= 0.6 is 11.3 Å². The van der Waals surface area contributed by atoms with Gasteiger partial charge in [0.05, 0.1) is 6.10 Å². The Morgan fingerprint density at radius 1 is 1.36 bits per heavy atom. The van der Waals surface area contributed by atoms with Crippen LogP contribution in [0.15, 0.2) is 17.5 Å². The molecule has 1 aromatic rings. The van der Waals surface area contributed by atoms with Crippen LogP contribution in [0.2, 0.25) is 0 Å². The topological polar surface area (TPSA) is 21.3 Å². The van der Waals surface area contributed by atoms with Gasteiger partial charge in [-0.15, -0.1) is 11.3 Å². The van der Waals surface area contributed by atoms with Crippen LogP contribution in [0.1, 0.15) is 31.7 Å². The highest BCUT2D eigenvalue weighted by Gasteiger charge is 2.14. The minimum atomic E-state index is 0.248. The zero-order chi connectivity index (χ0) is 10.6. The summed E-state index contributed by atoms with van der Waals surface area (Å²) in [6, 6.07) is 5.02. The van der Waals surface area contributed by atoms with Crippen molar-refractivity contribution in [2.45, 2.75) is 39.0 Å². The average Bonchev–Trinajstić information content (AvgIpc) is 2.69. The van der Waals surface area contributed by atoms with E-state index in [4.69, 9.17) is 4.74 Å². The summed E-state index contributed by atoms with van der Waals surface area (Å²) < 4.78 is 5.27. The monoisotopic (exact) mass is 213 g/mol. The summed E-state index contributed by atoms with van der Waals surface area (Å²) in [6.07, 6.45) is 0.248. The molecule has 0 aromatic carbocycles. The summed E-state index contributed by atoms with van der Waals surface area (Å²) in [7, 11) is 1.75. The molecule has 1 heterocycles. The standard InChI is InChI=1S/C11H19NOS/c1-8(10(3)13-4)12-9(2)11-6-5-7-14-11/h5-10,12H,1-4H3/t8?,9-,10?/m1/s1. The smallest absolute Gasteiger partial charge is 0.0693 e. The van der Waals surface area contributed by atoms with Crippen LogP contribution < -0.4 is 5.32 Å². The van der Waals surface area contributed by atoms with Crippen molar-refractivity contribution in [2.75, 3.05) is 7.11 Å². The van der Waals surface area contributed by atoms with Crippen LogP contribution in [0.4, 0.5) is 0 Å². The van der Waals surface area contributed by atoms with Crippen LogP contribution in [0, 0.1) is 0 Å².